The molecule has 4 heteroatoms. The molecule has 0 aliphatic rings. The second-order valence-electron chi connectivity index (χ2n) is 4.04. The van der Waals surface area contributed by atoms with E-state index in [1.54, 1.807) is 22.7 Å². The maximum atomic E-state index is 4.39. The van der Waals surface area contributed by atoms with Gasteiger partial charge in [0.05, 0.1) is 15.7 Å². The zero-order valence-corrected chi connectivity index (χ0v) is 11.0. The summed E-state index contributed by atoms with van der Waals surface area (Å²) in [6.07, 6.45) is 1.84. The lowest BCUT2D eigenvalue weighted by Gasteiger charge is -1.96. The van der Waals surface area contributed by atoms with Gasteiger partial charge in [-0.3, -0.25) is 0 Å². The molecule has 2 nitrogen and oxygen atoms in total. The molecule has 18 heavy (non-hydrogen) atoms. The topological polar surface area (TPSA) is 25.8 Å². The van der Waals surface area contributed by atoms with E-state index >= 15 is 0 Å². The van der Waals surface area contributed by atoms with E-state index in [1.807, 2.05) is 17.8 Å². The number of pyridine rings is 1. The summed E-state index contributed by atoms with van der Waals surface area (Å²) in [6, 6.07) is 12.7. The highest BCUT2D eigenvalue weighted by Gasteiger charge is 2.06. The van der Waals surface area contributed by atoms with Crippen molar-refractivity contribution in [3.63, 3.8) is 0 Å². The quantitative estimate of drug-likeness (QED) is 0.505. The van der Waals surface area contributed by atoms with Crippen LogP contribution in [0.3, 0.4) is 0 Å². The molecule has 3 heterocycles. The first-order valence-corrected chi connectivity index (χ1v) is 7.28. The number of fused-ring (bicyclic) bond motifs is 2. The molecule has 0 aliphatic heterocycles. The Morgan fingerprint density at radius 1 is 1.00 bits per heavy atom. The molecule has 0 bridgehead atoms. The zero-order chi connectivity index (χ0) is 11.9. The largest absolute Gasteiger partial charge is 0.245 e. The fraction of sp³-hybridized carbons (Fsp3) is 0. The average molecular weight is 268 g/mol. The Morgan fingerprint density at radius 2 is 2.00 bits per heavy atom. The summed E-state index contributed by atoms with van der Waals surface area (Å²) in [5, 5.41) is 1.21. The van der Waals surface area contributed by atoms with Gasteiger partial charge in [-0.2, -0.15) is 0 Å². The number of nitrogens with zero attached hydrogens (tertiary/aromatic N) is 2. The maximum Gasteiger partial charge on any atom is 0.123 e. The van der Waals surface area contributed by atoms with Gasteiger partial charge in [0, 0.05) is 16.5 Å². The molecular weight excluding hydrogens is 260 g/mol. The molecule has 4 rings (SSSR count). The molecule has 4 aromatic rings. The van der Waals surface area contributed by atoms with Gasteiger partial charge in [-0.15, -0.1) is 22.7 Å². The molecule has 1 aromatic carbocycles. The molecule has 0 spiro atoms. The Bertz CT molecular complexity index is 812. The summed E-state index contributed by atoms with van der Waals surface area (Å²) in [7, 11) is 0. The minimum Gasteiger partial charge on any atom is -0.245 e. The molecule has 3 aromatic heterocycles. The van der Waals surface area contributed by atoms with Crippen LogP contribution in [-0.2, 0) is 0 Å². The molecule has 86 valence electrons. The molecule has 0 aliphatic carbocycles. The summed E-state index contributed by atoms with van der Waals surface area (Å²) in [5.41, 5.74) is 4.21. The van der Waals surface area contributed by atoms with Crippen LogP contribution in [0.15, 0.2) is 48.1 Å². The zero-order valence-electron chi connectivity index (χ0n) is 9.33. The molecule has 0 saturated carbocycles. The lowest BCUT2D eigenvalue weighted by Crippen LogP contribution is -1.71. The van der Waals surface area contributed by atoms with Crippen molar-refractivity contribution in [1.82, 2.24) is 9.97 Å². The summed E-state index contributed by atoms with van der Waals surface area (Å²) in [4.78, 5) is 11.1. The summed E-state index contributed by atoms with van der Waals surface area (Å²) < 4.78 is 1.23. The van der Waals surface area contributed by atoms with E-state index in [1.165, 1.54) is 20.5 Å². The van der Waals surface area contributed by atoms with Crippen LogP contribution in [0.1, 0.15) is 0 Å². The van der Waals surface area contributed by atoms with E-state index in [4.69, 9.17) is 0 Å². The molecular formula is C14H8N2S2. The third kappa shape index (κ3) is 1.54. The first-order chi connectivity index (χ1) is 8.90. The van der Waals surface area contributed by atoms with Crippen molar-refractivity contribution in [3.8, 4) is 10.4 Å². The summed E-state index contributed by atoms with van der Waals surface area (Å²) >= 11 is 3.42. The molecule has 0 atom stereocenters. The standard InChI is InChI=1S/C14H8N2S2/c1-2-10-7-12(18-14(10)15-5-1)9-3-4-11-13(6-9)17-8-16-11/h1-8H. The second-order valence-corrected chi connectivity index (χ2v) is 5.96. The Hall–Kier alpha value is -1.78. The van der Waals surface area contributed by atoms with Crippen molar-refractivity contribution >= 4 is 43.1 Å². The minimum atomic E-state index is 1.07. The highest BCUT2D eigenvalue weighted by Crippen LogP contribution is 2.34. The fourth-order valence-corrected chi connectivity index (χ4v) is 3.74. The van der Waals surface area contributed by atoms with Crippen LogP contribution in [0.4, 0.5) is 0 Å². The van der Waals surface area contributed by atoms with E-state index in [-0.39, 0.29) is 0 Å². The predicted octanol–water partition coefficient (Wildman–Crippen LogP) is 4.57. The van der Waals surface area contributed by atoms with E-state index in [2.05, 4.69) is 40.3 Å². The van der Waals surface area contributed by atoms with Gasteiger partial charge < -0.3 is 0 Å². The number of benzene rings is 1. The highest BCUT2D eigenvalue weighted by molar-refractivity contribution is 7.22. The van der Waals surface area contributed by atoms with Crippen LogP contribution in [0.2, 0.25) is 0 Å². The molecule has 0 amide bonds. The van der Waals surface area contributed by atoms with Gasteiger partial charge in [0.15, 0.2) is 0 Å². The fourth-order valence-electron chi connectivity index (χ4n) is 2.02. The average Bonchev–Trinajstić information content (AvgIpc) is 3.04. The van der Waals surface area contributed by atoms with Gasteiger partial charge in [-0.05, 0) is 29.8 Å². The third-order valence-corrected chi connectivity index (χ3v) is 4.81. The highest BCUT2D eigenvalue weighted by atomic mass is 32.1. The summed E-state index contributed by atoms with van der Waals surface area (Å²) in [6.45, 7) is 0. The molecule has 0 radical (unpaired) electrons. The van der Waals surface area contributed by atoms with E-state index in [0.29, 0.717) is 0 Å². The maximum absolute atomic E-state index is 4.39. The van der Waals surface area contributed by atoms with Gasteiger partial charge in [0.25, 0.3) is 0 Å². The Labute approximate surface area is 112 Å². The number of hydrogen-bond donors (Lipinski definition) is 0. The Kier molecular flexibility index (Phi) is 2.18. The van der Waals surface area contributed by atoms with E-state index < -0.39 is 0 Å². The number of thiophene rings is 1. The SMILES string of the molecule is c1cnc2sc(-c3ccc4ncsc4c3)cc2c1. The normalized spacial score (nSPS) is 11.3. The van der Waals surface area contributed by atoms with Gasteiger partial charge in [-0.1, -0.05) is 12.1 Å². The van der Waals surface area contributed by atoms with Crippen molar-refractivity contribution in [2.75, 3.05) is 0 Å². The number of hydrogen-bond acceptors (Lipinski definition) is 4. The Balaban J connectivity index is 1.94. The second kappa shape index (κ2) is 3.86. The first kappa shape index (κ1) is 10.2. The monoisotopic (exact) mass is 268 g/mol. The first-order valence-electron chi connectivity index (χ1n) is 5.58. The lowest BCUT2D eigenvalue weighted by atomic mass is 10.1. The van der Waals surface area contributed by atoms with Crippen LogP contribution >= 0.6 is 22.7 Å². The number of thiazole rings is 1. The molecule has 0 fully saturated rings. The van der Waals surface area contributed by atoms with E-state index in [9.17, 15) is 0 Å². The third-order valence-electron chi connectivity index (χ3n) is 2.91. The van der Waals surface area contributed by atoms with Crippen LogP contribution in [0.5, 0.6) is 0 Å². The van der Waals surface area contributed by atoms with Gasteiger partial charge in [0.1, 0.15) is 4.83 Å². The van der Waals surface area contributed by atoms with Crippen LogP contribution in [0.25, 0.3) is 30.9 Å². The lowest BCUT2D eigenvalue weighted by molar-refractivity contribution is 1.45. The minimum absolute atomic E-state index is 1.07. The van der Waals surface area contributed by atoms with Crippen molar-refractivity contribution in [2.24, 2.45) is 0 Å². The van der Waals surface area contributed by atoms with Crippen molar-refractivity contribution in [2.45, 2.75) is 0 Å². The smallest absolute Gasteiger partial charge is 0.123 e. The van der Waals surface area contributed by atoms with Crippen molar-refractivity contribution < 1.29 is 0 Å². The van der Waals surface area contributed by atoms with Crippen LogP contribution in [-0.4, -0.2) is 9.97 Å². The van der Waals surface area contributed by atoms with Crippen molar-refractivity contribution in [1.29, 1.82) is 0 Å². The van der Waals surface area contributed by atoms with E-state index in [0.717, 1.165) is 10.3 Å². The van der Waals surface area contributed by atoms with Crippen molar-refractivity contribution in [3.05, 3.63) is 48.1 Å². The summed E-state index contributed by atoms with van der Waals surface area (Å²) in [5.74, 6) is 0. The predicted molar refractivity (Wildman–Crippen MR) is 78.2 cm³/mol. The molecule has 0 N–H and O–H groups in total. The molecule has 0 unspecified atom stereocenters. The van der Waals surface area contributed by atoms with Crippen LogP contribution < -0.4 is 0 Å². The number of aromatic nitrogens is 2. The Morgan fingerprint density at radius 3 is 2.94 bits per heavy atom. The van der Waals surface area contributed by atoms with Crippen LogP contribution in [0, 0.1) is 0 Å². The van der Waals surface area contributed by atoms with Gasteiger partial charge in [-0.25, -0.2) is 9.97 Å². The van der Waals surface area contributed by atoms with Gasteiger partial charge >= 0.3 is 0 Å². The van der Waals surface area contributed by atoms with Gasteiger partial charge in [0.2, 0.25) is 0 Å². The number of rotatable bonds is 1. The molecule has 0 saturated heterocycles.